The molecule has 0 bridgehead atoms. The average Bonchev–Trinajstić information content (AvgIpc) is 2.16. The Bertz CT molecular complexity index is 379. The molecule has 1 aromatic rings. The number of rotatable bonds is 1. The van der Waals surface area contributed by atoms with Crippen molar-refractivity contribution in [1.82, 2.24) is 9.97 Å². The third-order valence-electron chi connectivity index (χ3n) is 2.68. The van der Waals surface area contributed by atoms with Gasteiger partial charge in [0.2, 0.25) is 0 Å². The van der Waals surface area contributed by atoms with Crippen molar-refractivity contribution in [2.24, 2.45) is 11.7 Å². The zero-order valence-corrected chi connectivity index (χ0v) is 8.81. The molecule has 1 aliphatic rings. The minimum atomic E-state index is -0.119. The van der Waals surface area contributed by atoms with Gasteiger partial charge in [-0.05, 0) is 12.3 Å². The monoisotopic (exact) mass is 208 g/mol. The summed E-state index contributed by atoms with van der Waals surface area (Å²) < 4.78 is 0. The molecule has 5 heteroatoms. The highest BCUT2D eigenvalue weighted by Crippen LogP contribution is 2.19. The number of anilines is 1. The molecule has 1 saturated heterocycles. The SMILES string of the molecule is CC1CC(N)CN(c2cc(=O)[nH]cn2)C1. The zero-order valence-electron chi connectivity index (χ0n) is 8.81. The van der Waals surface area contributed by atoms with E-state index in [9.17, 15) is 4.79 Å². The molecular weight excluding hydrogens is 192 g/mol. The first-order valence-electron chi connectivity index (χ1n) is 5.20. The maximum atomic E-state index is 11.1. The van der Waals surface area contributed by atoms with Crippen molar-refractivity contribution in [1.29, 1.82) is 0 Å². The van der Waals surface area contributed by atoms with E-state index in [-0.39, 0.29) is 11.6 Å². The van der Waals surface area contributed by atoms with Crippen LogP contribution in [-0.4, -0.2) is 29.1 Å². The van der Waals surface area contributed by atoms with Crippen molar-refractivity contribution < 1.29 is 0 Å². The average molecular weight is 208 g/mol. The van der Waals surface area contributed by atoms with Gasteiger partial charge in [-0.3, -0.25) is 4.79 Å². The Balaban J connectivity index is 2.19. The molecule has 1 aromatic heterocycles. The normalized spacial score (nSPS) is 26.7. The van der Waals surface area contributed by atoms with Gasteiger partial charge in [0.1, 0.15) is 5.82 Å². The van der Waals surface area contributed by atoms with Crippen molar-refractivity contribution in [2.45, 2.75) is 19.4 Å². The second-order valence-electron chi connectivity index (χ2n) is 4.28. The molecule has 0 radical (unpaired) electrons. The number of aromatic amines is 1. The molecule has 82 valence electrons. The summed E-state index contributed by atoms with van der Waals surface area (Å²) in [7, 11) is 0. The molecular formula is C10H16N4O. The molecule has 5 nitrogen and oxygen atoms in total. The molecule has 3 N–H and O–H groups in total. The number of H-pyrrole nitrogens is 1. The van der Waals surface area contributed by atoms with Crippen molar-refractivity contribution in [2.75, 3.05) is 18.0 Å². The van der Waals surface area contributed by atoms with Gasteiger partial charge in [0, 0.05) is 25.2 Å². The fourth-order valence-electron chi connectivity index (χ4n) is 2.12. The van der Waals surface area contributed by atoms with Gasteiger partial charge in [-0.1, -0.05) is 6.92 Å². The van der Waals surface area contributed by atoms with Gasteiger partial charge in [0.15, 0.2) is 0 Å². The van der Waals surface area contributed by atoms with E-state index >= 15 is 0 Å². The van der Waals surface area contributed by atoms with E-state index in [4.69, 9.17) is 5.73 Å². The van der Waals surface area contributed by atoms with E-state index in [1.807, 2.05) is 0 Å². The van der Waals surface area contributed by atoms with Crippen LogP contribution in [0.5, 0.6) is 0 Å². The number of nitrogens with zero attached hydrogens (tertiary/aromatic N) is 2. The Morgan fingerprint density at radius 3 is 3.07 bits per heavy atom. The Hall–Kier alpha value is -1.36. The quantitative estimate of drug-likeness (QED) is 0.678. The molecule has 2 atom stereocenters. The summed E-state index contributed by atoms with van der Waals surface area (Å²) in [6, 6.07) is 1.69. The van der Waals surface area contributed by atoms with Gasteiger partial charge in [0.25, 0.3) is 5.56 Å². The Kier molecular flexibility index (Phi) is 2.73. The molecule has 0 saturated carbocycles. The lowest BCUT2D eigenvalue weighted by atomic mass is 9.97. The minimum Gasteiger partial charge on any atom is -0.355 e. The van der Waals surface area contributed by atoms with Crippen LogP contribution in [0.3, 0.4) is 0 Å². The van der Waals surface area contributed by atoms with Gasteiger partial charge >= 0.3 is 0 Å². The van der Waals surface area contributed by atoms with E-state index in [1.54, 1.807) is 0 Å². The predicted molar refractivity (Wildman–Crippen MR) is 58.8 cm³/mol. The number of nitrogens with one attached hydrogen (secondary N) is 1. The summed E-state index contributed by atoms with van der Waals surface area (Å²) in [5, 5.41) is 0. The Labute approximate surface area is 88.3 Å². The lowest BCUT2D eigenvalue weighted by Crippen LogP contribution is -2.47. The van der Waals surface area contributed by atoms with Crippen molar-refractivity contribution in [3.8, 4) is 0 Å². The van der Waals surface area contributed by atoms with E-state index in [0.717, 1.165) is 25.3 Å². The van der Waals surface area contributed by atoms with Crippen LogP contribution in [0.15, 0.2) is 17.2 Å². The highest BCUT2D eigenvalue weighted by atomic mass is 16.1. The van der Waals surface area contributed by atoms with E-state index in [1.165, 1.54) is 12.4 Å². The highest BCUT2D eigenvalue weighted by molar-refractivity contribution is 5.37. The molecule has 0 aromatic carbocycles. The minimum absolute atomic E-state index is 0.119. The molecule has 0 amide bonds. The van der Waals surface area contributed by atoms with Crippen LogP contribution in [0.1, 0.15) is 13.3 Å². The second-order valence-corrected chi connectivity index (χ2v) is 4.28. The molecule has 0 spiro atoms. The van der Waals surface area contributed by atoms with Gasteiger partial charge < -0.3 is 15.6 Å². The second kappa shape index (κ2) is 4.02. The maximum Gasteiger partial charge on any atom is 0.252 e. The van der Waals surface area contributed by atoms with Crippen LogP contribution < -0.4 is 16.2 Å². The first kappa shape index (κ1) is 10.2. The lowest BCUT2D eigenvalue weighted by Gasteiger charge is -2.35. The first-order valence-corrected chi connectivity index (χ1v) is 5.20. The van der Waals surface area contributed by atoms with Crippen molar-refractivity contribution in [3.63, 3.8) is 0 Å². The molecule has 2 unspecified atom stereocenters. The summed E-state index contributed by atoms with van der Waals surface area (Å²) in [5.74, 6) is 1.27. The zero-order chi connectivity index (χ0) is 10.8. The fourth-order valence-corrected chi connectivity index (χ4v) is 2.12. The predicted octanol–water partition coefficient (Wildman–Crippen LogP) is -0.0566. The summed E-state index contributed by atoms with van der Waals surface area (Å²) >= 11 is 0. The Morgan fingerprint density at radius 2 is 2.40 bits per heavy atom. The Morgan fingerprint density at radius 1 is 1.60 bits per heavy atom. The lowest BCUT2D eigenvalue weighted by molar-refractivity contribution is 0.399. The molecule has 0 aliphatic carbocycles. The smallest absolute Gasteiger partial charge is 0.252 e. The number of hydrogen-bond acceptors (Lipinski definition) is 4. The molecule has 1 fully saturated rings. The van der Waals surface area contributed by atoms with Gasteiger partial charge in [-0.25, -0.2) is 4.98 Å². The van der Waals surface area contributed by atoms with Gasteiger partial charge in [-0.2, -0.15) is 0 Å². The highest BCUT2D eigenvalue weighted by Gasteiger charge is 2.22. The number of piperidine rings is 1. The third-order valence-corrected chi connectivity index (χ3v) is 2.68. The largest absolute Gasteiger partial charge is 0.355 e. The summed E-state index contributed by atoms with van der Waals surface area (Å²) in [6.45, 7) is 3.87. The van der Waals surface area contributed by atoms with Crippen LogP contribution in [0.2, 0.25) is 0 Å². The molecule has 1 aliphatic heterocycles. The standard InChI is InChI=1S/C10H16N4O/c1-7-2-8(11)5-14(4-7)9-3-10(15)13-6-12-9/h3,6-8H,2,4-5,11H2,1H3,(H,12,13,15). The van der Waals surface area contributed by atoms with Crippen molar-refractivity contribution in [3.05, 3.63) is 22.7 Å². The van der Waals surface area contributed by atoms with Crippen molar-refractivity contribution >= 4 is 5.82 Å². The number of aromatic nitrogens is 2. The van der Waals surface area contributed by atoms with Crippen LogP contribution in [0.25, 0.3) is 0 Å². The van der Waals surface area contributed by atoms with E-state index in [2.05, 4.69) is 21.8 Å². The molecule has 2 rings (SSSR count). The van der Waals surface area contributed by atoms with E-state index < -0.39 is 0 Å². The van der Waals surface area contributed by atoms with Crippen LogP contribution in [0.4, 0.5) is 5.82 Å². The van der Waals surface area contributed by atoms with Crippen LogP contribution in [0, 0.1) is 5.92 Å². The maximum absolute atomic E-state index is 11.1. The number of nitrogens with two attached hydrogens (primary N) is 1. The fraction of sp³-hybridized carbons (Fsp3) is 0.600. The summed E-state index contributed by atoms with van der Waals surface area (Å²) in [6.07, 6.45) is 2.47. The molecule has 15 heavy (non-hydrogen) atoms. The van der Waals surface area contributed by atoms with Crippen LogP contribution >= 0.6 is 0 Å². The first-order chi connectivity index (χ1) is 7.15. The van der Waals surface area contributed by atoms with E-state index in [0.29, 0.717) is 5.92 Å². The molecule has 2 heterocycles. The van der Waals surface area contributed by atoms with Gasteiger partial charge in [-0.15, -0.1) is 0 Å². The number of hydrogen-bond donors (Lipinski definition) is 2. The topological polar surface area (TPSA) is 75.0 Å². The third kappa shape index (κ3) is 2.36. The summed E-state index contributed by atoms with van der Waals surface area (Å²) in [4.78, 5) is 19.9. The van der Waals surface area contributed by atoms with Gasteiger partial charge in [0.05, 0.1) is 6.33 Å². The summed E-state index contributed by atoms with van der Waals surface area (Å²) in [5.41, 5.74) is 5.82. The van der Waals surface area contributed by atoms with Crippen LogP contribution in [-0.2, 0) is 0 Å².